The van der Waals surface area contributed by atoms with Gasteiger partial charge >= 0.3 is 11.9 Å². The number of nitrogens with zero attached hydrogens (tertiary/aromatic N) is 1. The fraction of sp³-hybridized carbons (Fsp3) is 0.250. The summed E-state index contributed by atoms with van der Waals surface area (Å²) in [6.07, 6.45) is 0.392. The average molecular weight is 242 g/mol. The second kappa shape index (κ2) is 4.96. The summed E-state index contributed by atoms with van der Waals surface area (Å²) in [5, 5.41) is 25.0. The van der Waals surface area contributed by atoms with E-state index >= 15 is 0 Å². The van der Waals surface area contributed by atoms with Crippen molar-refractivity contribution in [3.8, 4) is 0 Å². The number of nitrogens with two attached hydrogens (primary N) is 1. The third-order valence-electron chi connectivity index (χ3n) is 1.90. The topological polar surface area (TPSA) is 158 Å². The van der Waals surface area contributed by atoms with E-state index in [1.165, 1.54) is 0 Å². The smallest absolute Gasteiger partial charge is 0.326 e. The molecule has 1 aromatic rings. The van der Waals surface area contributed by atoms with Gasteiger partial charge in [0.15, 0.2) is 0 Å². The van der Waals surface area contributed by atoms with Crippen LogP contribution in [-0.4, -0.2) is 44.3 Å². The molecule has 0 aliphatic carbocycles. The maximum absolute atomic E-state index is 11.5. The van der Waals surface area contributed by atoms with Crippen LogP contribution in [0.3, 0.4) is 0 Å². The molecule has 1 amide bonds. The van der Waals surface area contributed by atoms with Crippen molar-refractivity contribution in [2.24, 2.45) is 0 Å². The highest BCUT2D eigenvalue weighted by Gasteiger charge is 2.24. The van der Waals surface area contributed by atoms with Gasteiger partial charge in [0, 0.05) is 0 Å². The van der Waals surface area contributed by atoms with Crippen LogP contribution >= 0.6 is 0 Å². The third-order valence-corrected chi connectivity index (χ3v) is 1.90. The molecule has 0 aliphatic rings. The van der Waals surface area contributed by atoms with Crippen LogP contribution in [-0.2, 0) is 9.59 Å². The van der Waals surface area contributed by atoms with Gasteiger partial charge in [0.25, 0.3) is 5.91 Å². The normalized spacial score (nSPS) is 11.8. The van der Waals surface area contributed by atoms with Gasteiger partial charge in [-0.15, -0.1) is 0 Å². The molecule has 9 heteroatoms. The lowest BCUT2D eigenvalue weighted by molar-refractivity contribution is -0.145. The number of rotatable bonds is 5. The van der Waals surface area contributed by atoms with E-state index in [2.05, 4.69) is 10.2 Å². The molecular weight excluding hydrogens is 232 g/mol. The molecule has 0 bridgehead atoms. The van der Waals surface area contributed by atoms with Crippen molar-refractivity contribution < 1.29 is 24.6 Å². The summed E-state index contributed by atoms with van der Waals surface area (Å²) in [4.78, 5) is 32.6. The van der Waals surface area contributed by atoms with Crippen LogP contribution in [0.2, 0.25) is 0 Å². The molecule has 1 atom stereocenters. The van der Waals surface area contributed by atoms with Crippen LogP contribution in [0.25, 0.3) is 0 Å². The third kappa shape index (κ3) is 3.19. The molecule has 1 rings (SSSR count). The molecule has 1 heterocycles. The summed E-state index contributed by atoms with van der Waals surface area (Å²) >= 11 is 0. The number of hydrogen-bond acceptors (Lipinski definition) is 5. The van der Waals surface area contributed by atoms with Crippen LogP contribution in [0.15, 0.2) is 6.20 Å². The number of hydrogen-bond donors (Lipinski definition) is 5. The molecule has 0 radical (unpaired) electrons. The number of carboxylic acid groups (broad SMARTS) is 2. The standard InChI is InChI=1S/C8H10N4O5/c9-6-3(2-10-12-6)7(15)11-4(8(16)17)1-5(13)14/h2,4H,1H2,(H,11,15)(H,13,14)(H,16,17)(H3,9,10,12). The molecule has 0 fully saturated rings. The number of H-pyrrole nitrogens is 1. The van der Waals surface area contributed by atoms with Crippen LogP contribution in [0.4, 0.5) is 5.82 Å². The number of anilines is 1. The number of aromatic amines is 1. The van der Waals surface area contributed by atoms with Crippen molar-refractivity contribution in [1.29, 1.82) is 0 Å². The van der Waals surface area contributed by atoms with Crippen LogP contribution in [0.5, 0.6) is 0 Å². The summed E-state index contributed by atoms with van der Waals surface area (Å²) in [5.74, 6) is -3.60. The van der Waals surface area contributed by atoms with Crippen molar-refractivity contribution in [1.82, 2.24) is 15.5 Å². The average Bonchev–Trinajstić information content (AvgIpc) is 2.62. The second-order valence-corrected chi connectivity index (χ2v) is 3.16. The summed E-state index contributed by atoms with van der Waals surface area (Å²) in [6.45, 7) is 0. The van der Waals surface area contributed by atoms with Crippen molar-refractivity contribution in [3.63, 3.8) is 0 Å². The Bertz CT molecular complexity index is 455. The number of nitrogen functional groups attached to an aromatic ring is 1. The number of carbonyl (C=O) groups excluding carboxylic acids is 1. The Kier molecular flexibility index (Phi) is 3.65. The van der Waals surface area contributed by atoms with Gasteiger partial charge in [0.1, 0.15) is 17.4 Å². The highest BCUT2D eigenvalue weighted by Crippen LogP contribution is 2.06. The Hall–Kier alpha value is -2.58. The highest BCUT2D eigenvalue weighted by molar-refractivity contribution is 6.00. The van der Waals surface area contributed by atoms with Crippen molar-refractivity contribution in [2.45, 2.75) is 12.5 Å². The van der Waals surface area contributed by atoms with E-state index < -0.39 is 30.3 Å². The number of aliphatic carboxylic acids is 2. The largest absolute Gasteiger partial charge is 0.481 e. The molecule has 0 aromatic carbocycles. The van der Waals surface area contributed by atoms with E-state index in [0.717, 1.165) is 6.20 Å². The van der Waals surface area contributed by atoms with Gasteiger partial charge in [0.05, 0.1) is 12.6 Å². The molecule has 1 unspecified atom stereocenters. The van der Waals surface area contributed by atoms with E-state index in [4.69, 9.17) is 15.9 Å². The molecule has 9 nitrogen and oxygen atoms in total. The Morgan fingerprint density at radius 2 is 2.12 bits per heavy atom. The van der Waals surface area contributed by atoms with E-state index in [9.17, 15) is 14.4 Å². The fourth-order valence-electron chi connectivity index (χ4n) is 1.09. The lowest BCUT2D eigenvalue weighted by Gasteiger charge is -2.11. The van der Waals surface area contributed by atoms with Crippen LogP contribution in [0, 0.1) is 0 Å². The van der Waals surface area contributed by atoms with Gasteiger partial charge in [-0.05, 0) is 0 Å². The van der Waals surface area contributed by atoms with Crippen molar-refractivity contribution in [2.75, 3.05) is 5.73 Å². The lowest BCUT2D eigenvalue weighted by Crippen LogP contribution is -2.42. The minimum Gasteiger partial charge on any atom is -0.481 e. The van der Waals surface area contributed by atoms with E-state index in [0.29, 0.717) is 0 Å². The molecular formula is C8H10N4O5. The zero-order chi connectivity index (χ0) is 13.0. The Labute approximate surface area is 94.6 Å². The predicted molar refractivity (Wildman–Crippen MR) is 54.1 cm³/mol. The van der Waals surface area contributed by atoms with Gasteiger partial charge in [-0.1, -0.05) is 0 Å². The number of aromatic nitrogens is 2. The summed E-state index contributed by atoms with van der Waals surface area (Å²) in [7, 11) is 0. The Morgan fingerprint density at radius 1 is 1.47 bits per heavy atom. The van der Waals surface area contributed by atoms with E-state index in [1.807, 2.05) is 5.32 Å². The lowest BCUT2D eigenvalue weighted by atomic mass is 10.2. The Morgan fingerprint density at radius 3 is 2.53 bits per heavy atom. The van der Waals surface area contributed by atoms with Gasteiger partial charge in [0.2, 0.25) is 0 Å². The predicted octanol–water partition coefficient (Wildman–Crippen LogP) is -1.35. The first-order valence-corrected chi connectivity index (χ1v) is 4.46. The first-order chi connectivity index (χ1) is 7.91. The molecule has 6 N–H and O–H groups in total. The molecule has 92 valence electrons. The molecule has 0 spiro atoms. The monoisotopic (exact) mass is 242 g/mol. The zero-order valence-electron chi connectivity index (χ0n) is 8.51. The number of carboxylic acids is 2. The van der Waals surface area contributed by atoms with Gasteiger partial charge < -0.3 is 21.3 Å². The number of carbonyl (C=O) groups is 3. The summed E-state index contributed by atoms with van der Waals surface area (Å²) < 4.78 is 0. The minimum atomic E-state index is -1.52. The summed E-state index contributed by atoms with van der Waals surface area (Å²) in [5.41, 5.74) is 5.31. The maximum Gasteiger partial charge on any atom is 0.326 e. The molecule has 1 aromatic heterocycles. The molecule has 17 heavy (non-hydrogen) atoms. The number of amides is 1. The SMILES string of the molecule is Nc1[nH]ncc1C(=O)NC(CC(=O)O)C(=O)O. The summed E-state index contributed by atoms with van der Waals surface area (Å²) in [6, 6.07) is -1.52. The van der Waals surface area contributed by atoms with Crippen LogP contribution in [0.1, 0.15) is 16.8 Å². The van der Waals surface area contributed by atoms with Gasteiger partial charge in [-0.25, -0.2) is 4.79 Å². The molecule has 0 saturated carbocycles. The highest BCUT2D eigenvalue weighted by atomic mass is 16.4. The van der Waals surface area contributed by atoms with Crippen molar-refractivity contribution in [3.05, 3.63) is 11.8 Å². The molecule has 0 aliphatic heterocycles. The van der Waals surface area contributed by atoms with E-state index in [-0.39, 0.29) is 11.4 Å². The second-order valence-electron chi connectivity index (χ2n) is 3.16. The number of nitrogens with one attached hydrogen (secondary N) is 2. The van der Waals surface area contributed by atoms with Crippen molar-refractivity contribution >= 4 is 23.7 Å². The maximum atomic E-state index is 11.5. The van der Waals surface area contributed by atoms with E-state index in [1.54, 1.807) is 0 Å². The Balaban J connectivity index is 2.74. The van der Waals surface area contributed by atoms with Gasteiger partial charge in [-0.3, -0.25) is 14.7 Å². The fourth-order valence-corrected chi connectivity index (χ4v) is 1.09. The first kappa shape index (κ1) is 12.5. The van der Waals surface area contributed by atoms with Crippen LogP contribution < -0.4 is 11.1 Å². The van der Waals surface area contributed by atoms with Gasteiger partial charge in [-0.2, -0.15) is 5.10 Å². The zero-order valence-corrected chi connectivity index (χ0v) is 8.51. The quantitative estimate of drug-likeness (QED) is 0.426. The first-order valence-electron chi connectivity index (χ1n) is 4.46. The molecule has 0 saturated heterocycles. The minimum absolute atomic E-state index is 0.0260.